The molecule has 0 bridgehead atoms. The quantitative estimate of drug-likeness (QED) is 0.527. The van der Waals surface area contributed by atoms with Gasteiger partial charge in [0.25, 0.3) is 5.56 Å². The molecule has 1 aromatic carbocycles. The highest BCUT2D eigenvalue weighted by Crippen LogP contribution is 2.56. The highest BCUT2D eigenvalue weighted by atomic mass is 31.2. The van der Waals surface area contributed by atoms with Crippen LogP contribution in [0.2, 0.25) is 0 Å². The van der Waals surface area contributed by atoms with Gasteiger partial charge in [-0.05, 0) is 12.5 Å². The van der Waals surface area contributed by atoms with Gasteiger partial charge < -0.3 is 14.4 Å². The molecule has 4 atom stereocenters. The molecule has 0 spiro atoms. The lowest BCUT2D eigenvalue weighted by molar-refractivity contribution is -0.179. The number of aliphatic hydroxyl groups is 1. The number of terminal acetylenes is 1. The van der Waals surface area contributed by atoms with E-state index >= 15 is 4.39 Å². The van der Waals surface area contributed by atoms with Gasteiger partial charge in [0.15, 0.2) is 6.20 Å². The summed E-state index contributed by atoms with van der Waals surface area (Å²) < 4.78 is 57.6. The minimum atomic E-state index is -4.24. The first-order valence-electron chi connectivity index (χ1n) is 9.56. The predicted octanol–water partition coefficient (Wildman–Crippen LogP) is 1.51. The molecule has 31 heavy (non-hydrogen) atoms. The fraction of sp³-hybridized carbons (Fsp3) is 0.368. The first-order valence-corrected chi connectivity index (χ1v) is 10.5. The van der Waals surface area contributed by atoms with Crippen molar-refractivity contribution in [3.8, 4) is 18.1 Å². The molecule has 1 fully saturated rings. The number of phosphoric acid groups is 1. The van der Waals surface area contributed by atoms with E-state index in [9.17, 15) is 19.3 Å². The summed E-state index contributed by atoms with van der Waals surface area (Å²) >= 11 is 0. The maximum Gasteiger partial charge on any atom is 0.530 e. The summed E-state index contributed by atoms with van der Waals surface area (Å²) in [5.41, 5.74) is -1.06. The Kier molecular flexibility index (Phi) is 5.04. The number of aromatic amines is 1. The molecule has 0 radical (unpaired) electrons. The van der Waals surface area contributed by atoms with Crippen LogP contribution in [0.5, 0.6) is 5.75 Å². The van der Waals surface area contributed by atoms with Crippen molar-refractivity contribution >= 4 is 7.82 Å². The Bertz CT molecular complexity index is 1290. The third-order valence-corrected chi connectivity index (χ3v) is 6.02. The fourth-order valence-electron chi connectivity index (χ4n) is 3.19. The van der Waals surface area contributed by atoms with E-state index in [-0.39, 0.29) is 12.2 Å². The van der Waals surface area contributed by atoms with Gasteiger partial charge in [0, 0.05) is 18.2 Å². The van der Waals surface area contributed by atoms with Gasteiger partial charge in [-0.25, -0.2) is 13.8 Å². The van der Waals surface area contributed by atoms with E-state index in [1.807, 2.05) is 10.9 Å². The molecule has 4 rings (SSSR count). The molecular formula is C19H18FN2O8P. The molecule has 2 aliphatic rings. The summed E-state index contributed by atoms with van der Waals surface area (Å²) in [7, 11) is -4.24. The second-order valence-electron chi connectivity index (χ2n) is 7.01. The Balaban J connectivity index is 1.55. The Morgan fingerprint density at radius 2 is 2.32 bits per heavy atom. The van der Waals surface area contributed by atoms with Gasteiger partial charge in [-0.3, -0.25) is 23.4 Å². The average molecular weight is 453 g/mol. The Labute approximate surface area is 176 Å². The number of aryl methyl sites for hydroxylation is 1. The van der Waals surface area contributed by atoms with Crippen LogP contribution in [0.3, 0.4) is 0 Å². The van der Waals surface area contributed by atoms with Crippen molar-refractivity contribution in [3.05, 3.63) is 61.9 Å². The number of aromatic nitrogens is 2. The van der Waals surface area contributed by atoms with E-state index in [0.717, 1.165) is 6.20 Å². The molecule has 0 saturated carbocycles. The molecular weight excluding hydrogens is 434 g/mol. The van der Waals surface area contributed by atoms with Crippen molar-refractivity contribution in [3.63, 3.8) is 0 Å². The number of halogens is 1. The average Bonchev–Trinajstić information content (AvgIpc) is 2.97. The van der Waals surface area contributed by atoms with Gasteiger partial charge in [0.2, 0.25) is 5.85 Å². The topological polar surface area (TPSA) is 129 Å². The molecule has 10 nitrogen and oxygen atoms in total. The van der Waals surface area contributed by atoms with Crippen LogP contribution in [0.15, 0.2) is 34.0 Å². The maximum atomic E-state index is 15.4. The molecule has 0 aliphatic carbocycles. The van der Waals surface area contributed by atoms with E-state index in [1.54, 1.807) is 25.1 Å². The summed E-state index contributed by atoms with van der Waals surface area (Å²) in [6.45, 7) is 0.590. The zero-order valence-corrected chi connectivity index (χ0v) is 17.1. The third-order valence-electron chi connectivity index (χ3n) is 4.72. The predicted molar refractivity (Wildman–Crippen MR) is 104 cm³/mol. The molecule has 2 aliphatic heterocycles. The highest BCUT2D eigenvalue weighted by Gasteiger charge is 2.50. The summed E-state index contributed by atoms with van der Waals surface area (Å²) in [6, 6.07) is 5.20. The molecule has 1 saturated heterocycles. The van der Waals surface area contributed by atoms with E-state index in [4.69, 9.17) is 26.1 Å². The number of phosphoric ester groups is 1. The largest absolute Gasteiger partial charge is 0.530 e. The van der Waals surface area contributed by atoms with Gasteiger partial charge in [0.05, 0.1) is 7.98 Å². The Hall–Kier alpha value is -2.74. The van der Waals surface area contributed by atoms with Crippen molar-refractivity contribution < 1.29 is 33.7 Å². The number of nitrogens with zero attached hydrogens (tertiary/aromatic N) is 1. The standard InChI is InChI=1S/C19H18FN2O8P/c1-3-12-8-22(18(25)21-16(12)24)17-14(23)7-19(20,29-17)10-28-31(26)27-9-13-6-4-5-11(2)15(13)30-31/h1,4-6,8,14,17,23H,7,9-10H2,2H3,(H,21,24,25)/t14-,17-,19+,31?/m1/s1/i17D. The number of fused-ring (bicyclic) bond motifs is 1. The third kappa shape index (κ3) is 4.08. The minimum Gasteiger partial charge on any atom is -0.403 e. The van der Waals surface area contributed by atoms with Crippen LogP contribution in [0, 0.1) is 19.3 Å². The molecule has 2 aromatic rings. The van der Waals surface area contributed by atoms with Crippen molar-refractivity contribution in [2.45, 2.75) is 38.1 Å². The molecule has 1 unspecified atom stereocenters. The first kappa shape index (κ1) is 20.2. The number of nitrogens with one attached hydrogen (secondary N) is 1. The van der Waals surface area contributed by atoms with Crippen molar-refractivity contribution in [2.75, 3.05) is 6.61 Å². The van der Waals surface area contributed by atoms with Gasteiger partial charge >= 0.3 is 13.5 Å². The number of ether oxygens (including phenoxy) is 1. The second-order valence-corrected chi connectivity index (χ2v) is 8.60. The number of para-hydroxylation sites is 1. The van der Waals surface area contributed by atoms with Crippen molar-refractivity contribution in [1.29, 1.82) is 0 Å². The lowest BCUT2D eigenvalue weighted by Gasteiger charge is -2.28. The fourth-order valence-corrected chi connectivity index (χ4v) is 4.51. The molecule has 12 heteroatoms. The van der Waals surface area contributed by atoms with E-state index in [1.165, 1.54) is 0 Å². The van der Waals surface area contributed by atoms with Gasteiger partial charge in [-0.1, -0.05) is 24.1 Å². The van der Waals surface area contributed by atoms with Gasteiger partial charge in [-0.2, -0.15) is 0 Å². The number of rotatable bonds is 4. The summed E-state index contributed by atoms with van der Waals surface area (Å²) in [5, 5.41) is 10.3. The molecule has 3 heterocycles. The van der Waals surface area contributed by atoms with Crippen LogP contribution in [0.4, 0.5) is 4.39 Å². The zero-order valence-electron chi connectivity index (χ0n) is 17.2. The first-order chi connectivity index (χ1) is 15.0. The number of hydrogen-bond acceptors (Lipinski definition) is 8. The zero-order chi connectivity index (χ0) is 23.3. The van der Waals surface area contributed by atoms with Crippen molar-refractivity contribution in [1.82, 2.24) is 9.55 Å². The van der Waals surface area contributed by atoms with Gasteiger partial charge in [-0.15, -0.1) is 6.42 Å². The van der Waals surface area contributed by atoms with E-state index in [2.05, 4.69) is 0 Å². The van der Waals surface area contributed by atoms with Crippen LogP contribution in [-0.4, -0.2) is 33.2 Å². The van der Waals surface area contributed by atoms with Crippen LogP contribution in [0.25, 0.3) is 0 Å². The number of H-pyrrole nitrogens is 1. The lowest BCUT2D eigenvalue weighted by Crippen LogP contribution is -2.37. The molecule has 2 N–H and O–H groups in total. The highest BCUT2D eigenvalue weighted by molar-refractivity contribution is 7.49. The normalized spacial score (nSPS) is 32.6. The van der Waals surface area contributed by atoms with E-state index in [0.29, 0.717) is 21.4 Å². The smallest absolute Gasteiger partial charge is 0.403 e. The van der Waals surface area contributed by atoms with Crippen LogP contribution in [-0.2, 0) is 25.0 Å². The Morgan fingerprint density at radius 3 is 3.06 bits per heavy atom. The SMILES string of the molecule is [2H][C@@]1(n2cc(C#C)c(=O)[nH]c2=O)O[C@](F)(COP2(=O)OCc3cccc(C)c3O2)C[C@H]1O. The monoisotopic (exact) mass is 453 g/mol. The lowest BCUT2D eigenvalue weighted by atomic mass is 10.1. The van der Waals surface area contributed by atoms with E-state index < -0.39 is 50.3 Å². The molecule has 164 valence electrons. The van der Waals surface area contributed by atoms with Crippen molar-refractivity contribution in [2.24, 2.45) is 0 Å². The van der Waals surface area contributed by atoms with Crippen LogP contribution < -0.4 is 15.8 Å². The number of hydrogen-bond donors (Lipinski definition) is 2. The minimum absolute atomic E-state index is 0.0962. The second kappa shape index (κ2) is 7.75. The Morgan fingerprint density at radius 1 is 1.55 bits per heavy atom. The number of alkyl halides is 1. The molecule has 1 aromatic heterocycles. The maximum absolute atomic E-state index is 15.4. The number of aliphatic hydroxyl groups excluding tert-OH is 1. The summed E-state index contributed by atoms with van der Waals surface area (Å²) in [6.07, 6.45) is 0.618. The summed E-state index contributed by atoms with van der Waals surface area (Å²) in [4.78, 5) is 25.7. The van der Waals surface area contributed by atoms with Gasteiger partial charge in [0.1, 0.15) is 24.0 Å². The number of benzene rings is 1. The molecule has 0 amide bonds. The van der Waals surface area contributed by atoms with Crippen LogP contribution >= 0.6 is 7.82 Å². The van der Waals surface area contributed by atoms with Crippen LogP contribution in [0.1, 0.15) is 30.7 Å². The summed E-state index contributed by atoms with van der Waals surface area (Å²) in [5.74, 6) is -0.541.